The molecule has 0 radical (unpaired) electrons. The van der Waals surface area contributed by atoms with Crippen molar-refractivity contribution >= 4 is 5.91 Å². The molecular formula is C15H21NO2. The van der Waals surface area contributed by atoms with Crippen molar-refractivity contribution in [2.45, 2.75) is 38.5 Å². The lowest BCUT2D eigenvalue weighted by Gasteiger charge is -2.11. The summed E-state index contributed by atoms with van der Waals surface area (Å²) in [6.07, 6.45) is 7.80. The number of rotatable bonds is 6. The summed E-state index contributed by atoms with van der Waals surface area (Å²) in [5, 5.41) is 0. The SMILES string of the molecule is NC(=O)c1ccccc1OCCCC1CCCC1. The van der Waals surface area contributed by atoms with Crippen molar-refractivity contribution in [3.8, 4) is 5.75 Å². The first-order valence-corrected chi connectivity index (χ1v) is 6.79. The largest absolute Gasteiger partial charge is 0.493 e. The van der Waals surface area contributed by atoms with Crippen LogP contribution in [0.4, 0.5) is 0 Å². The Morgan fingerprint density at radius 3 is 2.72 bits per heavy atom. The standard InChI is InChI=1S/C15H21NO2/c16-15(17)13-9-3-4-10-14(13)18-11-5-8-12-6-1-2-7-12/h3-4,9-10,12H,1-2,5-8,11H2,(H2,16,17). The Bertz CT molecular complexity index is 397. The van der Waals surface area contributed by atoms with Gasteiger partial charge in [0.1, 0.15) is 5.75 Å². The van der Waals surface area contributed by atoms with Gasteiger partial charge < -0.3 is 10.5 Å². The van der Waals surface area contributed by atoms with Crippen LogP contribution >= 0.6 is 0 Å². The number of ether oxygens (including phenoxy) is 1. The summed E-state index contributed by atoms with van der Waals surface area (Å²) >= 11 is 0. The maximum absolute atomic E-state index is 11.2. The number of nitrogens with two attached hydrogens (primary N) is 1. The van der Waals surface area contributed by atoms with Crippen molar-refractivity contribution in [1.29, 1.82) is 0 Å². The molecule has 0 saturated heterocycles. The number of hydrogen-bond acceptors (Lipinski definition) is 2. The number of carbonyl (C=O) groups excluding carboxylic acids is 1. The van der Waals surface area contributed by atoms with Crippen molar-refractivity contribution in [3.05, 3.63) is 29.8 Å². The Morgan fingerprint density at radius 1 is 1.28 bits per heavy atom. The van der Waals surface area contributed by atoms with E-state index in [0.717, 1.165) is 12.3 Å². The van der Waals surface area contributed by atoms with Crippen LogP contribution in [0.5, 0.6) is 5.75 Å². The van der Waals surface area contributed by atoms with Gasteiger partial charge in [-0.05, 0) is 30.9 Å². The van der Waals surface area contributed by atoms with Crippen LogP contribution < -0.4 is 10.5 Å². The van der Waals surface area contributed by atoms with Crippen LogP contribution in [0, 0.1) is 5.92 Å². The molecule has 3 nitrogen and oxygen atoms in total. The minimum absolute atomic E-state index is 0.429. The van der Waals surface area contributed by atoms with Gasteiger partial charge in [0.05, 0.1) is 12.2 Å². The van der Waals surface area contributed by atoms with Gasteiger partial charge in [0.2, 0.25) is 0 Å². The highest BCUT2D eigenvalue weighted by Crippen LogP contribution is 2.28. The fraction of sp³-hybridized carbons (Fsp3) is 0.533. The van der Waals surface area contributed by atoms with E-state index >= 15 is 0 Å². The highest BCUT2D eigenvalue weighted by molar-refractivity contribution is 5.95. The average molecular weight is 247 g/mol. The third-order valence-corrected chi connectivity index (χ3v) is 3.64. The third-order valence-electron chi connectivity index (χ3n) is 3.64. The minimum atomic E-state index is -0.429. The summed E-state index contributed by atoms with van der Waals surface area (Å²) in [6, 6.07) is 7.16. The van der Waals surface area contributed by atoms with Crippen LogP contribution in [-0.2, 0) is 0 Å². The van der Waals surface area contributed by atoms with Crippen LogP contribution in [-0.4, -0.2) is 12.5 Å². The summed E-state index contributed by atoms with van der Waals surface area (Å²) in [5.74, 6) is 1.07. The third kappa shape index (κ3) is 3.49. The molecule has 1 aromatic carbocycles. The van der Waals surface area contributed by atoms with Crippen molar-refractivity contribution in [2.24, 2.45) is 11.7 Å². The van der Waals surface area contributed by atoms with E-state index in [1.807, 2.05) is 6.07 Å². The van der Waals surface area contributed by atoms with Gasteiger partial charge in [-0.15, -0.1) is 0 Å². The normalized spacial score (nSPS) is 15.8. The van der Waals surface area contributed by atoms with Crippen LogP contribution in [0.3, 0.4) is 0 Å². The molecule has 18 heavy (non-hydrogen) atoms. The first-order chi connectivity index (χ1) is 8.77. The second-order valence-electron chi connectivity index (χ2n) is 5.00. The monoisotopic (exact) mass is 247 g/mol. The summed E-state index contributed by atoms with van der Waals surface area (Å²) in [4.78, 5) is 11.2. The van der Waals surface area contributed by atoms with Gasteiger partial charge in [0, 0.05) is 0 Å². The van der Waals surface area contributed by atoms with Gasteiger partial charge in [-0.2, -0.15) is 0 Å². The first-order valence-electron chi connectivity index (χ1n) is 6.79. The Kier molecular flexibility index (Phi) is 4.62. The number of amides is 1. The lowest BCUT2D eigenvalue weighted by Crippen LogP contribution is -2.13. The molecule has 0 aromatic heterocycles. The summed E-state index contributed by atoms with van der Waals surface area (Å²) in [7, 11) is 0. The quantitative estimate of drug-likeness (QED) is 0.785. The van der Waals surface area contributed by atoms with E-state index in [2.05, 4.69) is 0 Å². The molecule has 1 fully saturated rings. The van der Waals surface area contributed by atoms with Crippen molar-refractivity contribution in [1.82, 2.24) is 0 Å². The number of hydrogen-bond donors (Lipinski definition) is 1. The average Bonchev–Trinajstić information content (AvgIpc) is 2.88. The zero-order valence-electron chi connectivity index (χ0n) is 10.7. The molecule has 1 saturated carbocycles. The zero-order valence-corrected chi connectivity index (χ0v) is 10.7. The predicted octanol–water partition coefficient (Wildman–Crippen LogP) is 3.13. The van der Waals surface area contributed by atoms with E-state index in [9.17, 15) is 4.79 Å². The van der Waals surface area contributed by atoms with Crippen LogP contribution in [0.25, 0.3) is 0 Å². The molecule has 0 heterocycles. The molecule has 1 aromatic rings. The molecule has 0 aliphatic heterocycles. The Labute approximate surface area is 108 Å². The van der Waals surface area contributed by atoms with Gasteiger partial charge in [0.25, 0.3) is 5.91 Å². The van der Waals surface area contributed by atoms with Crippen molar-refractivity contribution in [3.63, 3.8) is 0 Å². The van der Waals surface area contributed by atoms with E-state index < -0.39 is 5.91 Å². The smallest absolute Gasteiger partial charge is 0.252 e. The number of para-hydroxylation sites is 1. The van der Waals surface area contributed by atoms with Crippen LogP contribution in [0.2, 0.25) is 0 Å². The fourth-order valence-electron chi connectivity index (χ4n) is 2.65. The molecule has 1 aliphatic rings. The lowest BCUT2D eigenvalue weighted by atomic mass is 10.0. The Balaban J connectivity index is 1.77. The molecule has 2 N–H and O–H groups in total. The molecular weight excluding hydrogens is 226 g/mol. The fourth-order valence-corrected chi connectivity index (χ4v) is 2.65. The molecule has 2 rings (SSSR count). The molecule has 3 heteroatoms. The second-order valence-corrected chi connectivity index (χ2v) is 5.00. The van der Waals surface area contributed by atoms with Crippen molar-refractivity contribution < 1.29 is 9.53 Å². The van der Waals surface area contributed by atoms with Gasteiger partial charge in [0.15, 0.2) is 0 Å². The van der Waals surface area contributed by atoms with Crippen LogP contribution in [0.1, 0.15) is 48.9 Å². The van der Waals surface area contributed by atoms with E-state index in [0.29, 0.717) is 17.9 Å². The molecule has 0 bridgehead atoms. The van der Waals surface area contributed by atoms with E-state index in [4.69, 9.17) is 10.5 Å². The highest BCUT2D eigenvalue weighted by Gasteiger charge is 2.14. The summed E-state index contributed by atoms with van der Waals surface area (Å²) in [5.41, 5.74) is 5.77. The molecule has 98 valence electrons. The number of primary amides is 1. The zero-order chi connectivity index (χ0) is 12.8. The van der Waals surface area contributed by atoms with Gasteiger partial charge in [-0.3, -0.25) is 4.79 Å². The van der Waals surface area contributed by atoms with Crippen molar-refractivity contribution in [2.75, 3.05) is 6.61 Å². The molecule has 1 aliphatic carbocycles. The number of benzene rings is 1. The minimum Gasteiger partial charge on any atom is -0.493 e. The van der Waals surface area contributed by atoms with E-state index in [1.165, 1.54) is 32.1 Å². The lowest BCUT2D eigenvalue weighted by molar-refractivity contribution is 0.0996. The highest BCUT2D eigenvalue weighted by atomic mass is 16.5. The Hall–Kier alpha value is -1.51. The molecule has 1 amide bonds. The topological polar surface area (TPSA) is 52.3 Å². The second kappa shape index (κ2) is 6.43. The maximum Gasteiger partial charge on any atom is 0.252 e. The molecule has 0 spiro atoms. The summed E-state index contributed by atoms with van der Waals surface area (Å²) < 4.78 is 5.66. The van der Waals surface area contributed by atoms with Gasteiger partial charge in [-0.25, -0.2) is 0 Å². The molecule has 0 atom stereocenters. The van der Waals surface area contributed by atoms with E-state index in [1.54, 1.807) is 18.2 Å². The Morgan fingerprint density at radius 2 is 2.00 bits per heavy atom. The maximum atomic E-state index is 11.2. The summed E-state index contributed by atoms with van der Waals surface area (Å²) in [6.45, 7) is 0.667. The van der Waals surface area contributed by atoms with Crippen LogP contribution in [0.15, 0.2) is 24.3 Å². The van der Waals surface area contributed by atoms with E-state index in [-0.39, 0.29) is 0 Å². The predicted molar refractivity (Wildman–Crippen MR) is 71.6 cm³/mol. The first kappa shape index (κ1) is 12.9. The van der Waals surface area contributed by atoms with Gasteiger partial charge >= 0.3 is 0 Å². The molecule has 0 unspecified atom stereocenters. The van der Waals surface area contributed by atoms with Gasteiger partial charge in [-0.1, -0.05) is 37.8 Å². The number of carbonyl (C=O) groups is 1.